The molecule has 1 heterocycles. The van der Waals surface area contributed by atoms with Gasteiger partial charge in [-0.15, -0.1) is 0 Å². The van der Waals surface area contributed by atoms with Crippen LogP contribution in [0.15, 0.2) is 18.3 Å². The Morgan fingerprint density at radius 1 is 1.41 bits per heavy atom. The number of benzene rings is 1. The van der Waals surface area contributed by atoms with E-state index in [1.165, 1.54) is 13.2 Å². The van der Waals surface area contributed by atoms with Gasteiger partial charge in [0.2, 0.25) is 0 Å². The van der Waals surface area contributed by atoms with Crippen LogP contribution in [0.5, 0.6) is 5.75 Å². The molecule has 0 spiro atoms. The molecule has 0 fully saturated rings. The predicted molar refractivity (Wildman–Crippen MR) is 64.9 cm³/mol. The van der Waals surface area contributed by atoms with Crippen molar-refractivity contribution < 1.29 is 14.2 Å². The van der Waals surface area contributed by atoms with Gasteiger partial charge in [-0.05, 0) is 31.0 Å². The lowest BCUT2D eigenvalue weighted by Crippen LogP contribution is -1.93. The third kappa shape index (κ3) is 1.89. The number of halogens is 1. The van der Waals surface area contributed by atoms with E-state index in [2.05, 4.69) is 0 Å². The van der Waals surface area contributed by atoms with Crippen LogP contribution in [0.4, 0.5) is 4.39 Å². The number of rotatable bonds is 4. The zero-order valence-corrected chi connectivity index (χ0v) is 10.0. The van der Waals surface area contributed by atoms with E-state index in [0.29, 0.717) is 6.42 Å². The fourth-order valence-electron chi connectivity index (χ4n) is 2.19. The van der Waals surface area contributed by atoms with Crippen molar-refractivity contribution in [1.82, 2.24) is 4.57 Å². The Bertz CT molecular complexity index is 534. The Hall–Kier alpha value is -1.55. The third-order valence-corrected chi connectivity index (χ3v) is 2.96. The van der Waals surface area contributed by atoms with Crippen molar-refractivity contribution in [3.8, 4) is 5.75 Å². The van der Waals surface area contributed by atoms with Gasteiger partial charge in [0.1, 0.15) is 0 Å². The van der Waals surface area contributed by atoms with Gasteiger partial charge >= 0.3 is 0 Å². The monoisotopic (exact) mass is 237 g/mol. The molecule has 0 radical (unpaired) electrons. The van der Waals surface area contributed by atoms with Crippen molar-refractivity contribution in [3.63, 3.8) is 0 Å². The van der Waals surface area contributed by atoms with Crippen molar-refractivity contribution in [3.05, 3.63) is 29.7 Å². The summed E-state index contributed by atoms with van der Waals surface area (Å²) in [6.07, 6.45) is 2.45. The number of fused-ring (bicyclic) bond motifs is 1. The molecular weight excluding hydrogens is 221 g/mol. The van der Waals surface area contributed by atoms with Crippen molar-refractivity contribution >= 4 is 10.9 Å². The Labute approximate surface area is 99.4 Å². The Balaban J connectivity index is 2.76. The number of hydrogen-bond acceptors (Lipinski definition) is 2. The van der Waals surface area contributed by atoms with Gasteiger partial charge in [-0.25, -0.2) is 4.39 Å². The lowest BCUT2D eigenvalue weighted by molar-refractivity contribution is 0.300. The molecule has 2 rings (SSSR count). The molecule has 1 aromatic carbocycles. The molecule has 0 saturated heterocycles. The van der Waals surface area contributed by atoms with Gasteiger partial charge in [0.05, 0.1) is 12.6 Å². The Morgan fingerprint density at radius 3 is 2.76 bits per heavy atom. The second-order valence-corrected chi connectivity index (χ2v) is 3.89. The van der Waals surface area contributed by atoms with Crippen molar-refractivity contribution in [2.75, 3.05) is 13.7 Å². The van der Waals surface area contributed by atoms with Gasteiger partial charge in [0.25, 0.3) is 0 Å². The SMILES string of the molecule is CCn1cc(CCO)c2c(OC)c(F)ccc21. The summed E-state index contributed by atoms with van der Waals surface area (Å²) < 4.78 is 20.8. The number of aliphatic hydroxyl groups is 1. The molecule has 0 aliphatic carbocycles. The number of aryl methyl sites for hydroxylation is 1. The summed E-state index contributed by atoms with van der Waals surface area (Å²) in [5, 5.41) is 9.82. The van der Waals surface area contributed by atoms with E-state index in [1.807, 2.05) is 17.7 Å². The summed E-state index contributed by atoms with van der Waals surface area (Å²) >= 11 is 0. The fourth-order valence-corrected chi connectivity index (χ4v) is 2.19. The average Bonchev–Trinajstić information content (AvgIpc) is 2.68. The fraction of sp³-hybridized carbons (Fsp3) is 0.385. The zero-order chi connectivity index (χ0) is 12.4. The summed E-state index contributed by atoms with van der Waals surface area (Å²) in [4.78, 5) is 0. The molecule has 3 nitrogen and oxygen atoms in total. The van der Waals surface area contributed by atoms with Gasteiger partial charge < -0.3 is 14.4 Å². The molecule has 92 valence electrons. The van der Waals surface area contributed by atoms with Crippen LogP contribution in [0.2, 0.25) is 0 Å². The van der Waals surface area contributed by atoms with Gasteiger partial charge in [-0.3, -0.25) is 0 Å². The van der Waals surface area contributed by atoms with Crippen molar-refractivity contribution in [2.24, 2.45) is 0 Å². The van der Waals surface area contributed by atoms with E-state index in [0.717, 1.165) is 23.0 Å². The first-order chi connectivity index (χ1) is 8.22. The molecule has 0 aliphatic heterocycles. The first-order valence-electron chi connectivity index (χ1n) is 5.68. The largest absolute Gasteiger partial charge is 0.493 e. The maximum absolute atomic E-state index is 13.7. The van der Waals surface area contributed by atoms with Crippen LogP contribution in [0, 0.1) is 5.82 Å². The van der Waals surface area contributed by atoms with Gasteiger partial charge in [0.15, 0.2) is 11.6 Å². The molecule has 17 heavy (non-hydrogen) atoms. The number of hydrogen-bond donors (Lipinski definition) is 1. The predicted octanol–water partition coefficient (Wildman–Crippen LogP) is 2.34. The van der Waals surface area contributed by atoms with Crippen LogP contribution in [0.3, 0.4) is 0 Å². The maximum Gasteiger partial charge on any atom is 0.165 e. The zero-order valence-electron chi connectivity index (χ0n) is 10.0. The highest BCUT2D eigenvalue weighted by Gasteiger charge is 2.15. The Kier molecular flexibility index (Phi) is 3.33. The van der Waals surface area contributed by atoms with Crippen molar-refractivity contribution in [1.29, 1.82) is 0 Å². The average molecular weight is 237 g/mol. The first kappa shape index (κ1) is 11.9. The lowest BCUT2D eigenvalue weighted by Gasteiger charge is -2.06. The number of aromatic nitrogens is 1. The lowest BCUT2D eigenvalue weighted by atomic mass is 10.1. The molecule has 0 bridgehead atoms. The first-order valence-corrected chi connectivity index (χ1v) is 5.68. The molecule has 1 aromatic heterocycles. The van der Waals surface area contributed by atoms with Crippen LogP contribution < -0.4 is 4.74 Å². The van der Waals surface area contributed by atoms with Gasteiger partial charge in [0, 0.05) is 24.7 Å². The minimum absolute atomic E-state index is 0.0441. The topological polar surface area (TPSA) is 34.4 Å². The second kappa shape index (κ2) is 4.75. The van der Waals surface area contributed by atoms with Crippen LogP contribution in [-0.4, -0.2) is 23.4 Å². The van der Waals surface area contributed by atoms with E-state index in [9.17, 15) is 4.39 Å². The number of ether oxygens (including phenoxy) is 1. The van der Waals surface area contributed by atoms with E-state index in [-0.39, 0.29) is 18.2 Å². The Morgan fingerprint density at radius 2 is 2.18 bits per heavy atom. The molecule has 1 N–H and O–H groups in total. The number of aliphatic hydroxyl groups excluding tert-OH is 1. The van der Waals surface area contributed by atoms with E-state index in [4.69, 9.17) is 9.84 Å². The molecule has 0 amide bonds. The molecule has 0 aliphatic rings. The van der Waals surface area contributed by atoms with Crippen LogP contribution in [0.25, 0.3) is 10.9 Å². The number of methoxy groups -OCH3 is 1. The summed E-state index contributed by atoms with van der Waals surface area (Å²) in [7, 11) is 1.46. The molecule has 0 saturated carbocycles. The minimum atomic E-state index is -0.368. The van der Waals surface area contributed by atoms with E-state index in [1.54, 1.807) is 6.07 Å². The quantitative estimate of drug-likeness (QED) is 0.885. The summed E-state index contributed by atoms with van der Waals surface area (Å²) in [6.45, 7) is 2.87. The van der Waals surface area contributed by atoms with Crippen LogP contribution in [-0.2, 0) is 13.0 Å². The van der Waals surface area contributed by atoms with E-state index < -0.39 is 0 Å². The minimum Gasteiger partial charge on any atom is -0.493 e. The van der Waals surface area contributed by atoms with Gasteiger partial charge in [-0.2, -0.15) is 0 Å². The molecule has 4 heteroatoms. The highest BCUT2D eigenvalue weighted by atomic mass is 19.1. The highest BCUT2D eigenvalue weighted by Crippen LogP contribution is 2.33. The highest BCUT2D eigenvalue weighted by molar-refractivity contribution is 5.90. The summed E-state index contributed by atoms with van der Waals surface area (Å²) in [5.41, 5.74) is 1.86. The van der Waals surface area contributed by atoms with E-state index >= 15 is 0 Å². The van der Waals surface area contributed by atoms with Gasteiger partial charge in [-0.1, -0.05) is 0 Å². The molecule has 2 aromatic rings. The standard InChI is InChI=1S/C13H16FNO2/c1-3-15-8-9(6-7-16)12-11(15)5-4-10(14)13(12)17-2/h4-5,8,16H,3,6-7H2,1-2H3. The van der Waals surface area contributed by atoms with Crippen LogP contribution in [0.1, 0.15) is 12.5 Å². The normalized spacial score (nSPS) is 11.1. The van der Waals surface area contributed by atoms with Crippen LogP contribution >= 0.6 is 0 Å². The van der Waals surface area contributed by atoms with Crippen molar-refractivity contribution in [2.45, 2.75) is 19.9 Å². The number of nitrogens with zero attached hydrogens (tertiary/aromatic N) is 1. The molecule has 0 unspecified atom stereocenters. The third-order valence-electron chi connectivity index (χ3n) is 2.96. The molecule has 0 atom stereocenters. The maximum atomic E-state index is 13.7. The smallest absolute Gasteiger partial charge is 0.165 e. The summed E-state index contributed by atoms with van der Waals surface area (Å²) in [5.74, 6) is -0.105. The molecular formula is C13H16FNO2. The summed E-state index contributed by atoms with van der Waals surface area (Å²) in [6, 6.07) is 3.16. The second-order valence-electron chi connectivity index (χ2n) is 3.89.